The predicted octanol–water partition coefficient (Wildman–Crippen LogP) is 6.12. The summed E-state index contributed by atoms with van der Waals surface area (Å²) in [5, 5.41) is 17.4. The van der Waals surface area contributed by atoms with Gasteiger partial charge in [0.2, 0.25) is 5.91 Å². The van der Waals surface area contributed by atoms with Crippen LogP contribution in [0.5, 0.6) is 5.75 Å². The van der Waals surface area contributed by atoms with Crippen molar-refractivity contribution >= 4 is 50.0 Å². The molecule has 0 spiro atoms. The van der Waals surface area contributed by atoms with Crippen LogP contribution in [0.2, 0.25) is 0 Å². The standard InChI is InChI=1S/C28H25BrN4O3/c1-16(2)27(35)30-21-9-4-18(5-10-21)17(3)32-33-28(36)24-15-26(19-6-11-22(34)12-7-19)31-25-13-8-20(29)14-23(24)25/h4-16,34H,1-3H3,(H,30,35)(H,33,36)/b32-17+. The summed E-state index contributed by atoms with van der Waals surface area (Å²) in [6.45, 7) is 5.47. The Morgan fingerprint density at radius 2 is 1.67 bits per heavy atom. The number of hydrogen-bond acceptors (Lipinski definition) is 5. The highest BCUT2D eigenvalue weighted by Gasteiger charge is 2.15. The minimum absolute atomic E-state index is 0.0525. The first-order valence-electron chi connectivity index (χ1n) is 11.4. The molecule has 0 radical (unpaired) electrons. The summed E-state index contributed by atoms with van der Waals surface area (Å²) in [4.78, 5) is 29.8. The van der Waals surface area contributed by atoms with Crippen molar-refractivity contribution < 1.29 is 14.7 Å². The van der Waals surface area contributed by atoms with Crippen LogP contribution in [0.25, 0.3) is 22.2 Å². The van der Waals surface area contributed by atoms with Gasteiger partial charge in [0, 0.05) is 27.0 Å². The number of fused-ring (bicyclic) bond motifs is 1. The molecule has 0 atom stereocenters. The average Bonchev–Trinajstić information content (AvgIpc) is 2.87. The number of aromatic nitrogens is 1. The minimum Gasteiger partial charge on any atom is -0.508 e. The molecule has 4 aromatic rings. The van der Waals surface area contributed by atoms with Crippen LogP contribution in [0.4, 0.5) is 5.69 Å². The van der Waals surface area contributed by atoms with Crippen molar-refractivity contribution in [3.63, 3.8) is 0 Å². The van der Waals surface area contributed by atoms with Crippen LogP contribution in [-0.4, -0.2) is 27.6 Å². The number of halogens is 1. The summed E-state index contributed by atoms with van der Waals surface area (Å²) in [7, 11) is 0. The fourth-order valence-electron chi connectivity index (χ4n) is 3.51. The molecule has 0 aliphatic rings. The summed E-state index contributed by atoms with van der Waals surface area (Å²) < 4.78 is 0.826. The molecule has 36 heavy (non-hydrogen) atoms. The van der Waals surface area contributed by atoms with Gasteiger partial charge in [0.05, 0.1) is 22.5 Å². The van der Waals surface area contributed by atoms with Gasteiger partial charge in [0.1, 0.15) is 5.75 Å². The predicted molar refractivity (Wildman–Crippen MR) is 146 cm³/mol. The third kappa shape index (κ3) is 5.78. The average molecular weight is 545 g/mol. The van der Waals surface area contributed by atoms with Gasteiger partial charge in [-0.1, -0.05) is 41.9 Å². The maximum absolute atomic E-state index is 13.2. The number of phenolic OH excluding ortho intramolecular Hbond substituents is 1. The SMILES string of the molecule is C/C(=N\NC(=O)c1cc(-c2ccc(O)cc2)nc2ccc(Br)cc12)c1ccc(NC(=O)C(C)C)cc1. The monoisotopic (exact) mass is 544 g/mol. The Labute approximate surface area is 217 Å². The van der Waals surface area contributed by atoms with E-state index in [1.165, 1.54) is 0 Å². The third-order valence-electron chi connectivity index (χ3n) is 5.60. The molecule has 3 aromatic carbocycles. The molecular formula is C28H25BrN4O3. The van der Waals surface area contributed by atoms with E-state index in [0.29, 0.717) is 33.6 Å². The Morgan fingerprint density at radius 1 is 0.972 bits per heavy atom. The van der Waals surface area contributed by atoms with Crippen LogP contribution in [-0.2, 0) is 4.79 Å². The van der Waals surface area contributed by atoms with Crippen molar-refractivity contribution in [2.75, 3.05) is 5.32 Å². The molecule has 0 saturated heterocycles. The maximum Gasteiger partial charge on any atom is 0.272 e. The number of anilines is 1. The Balaban J connectivity index is 1.60. The molecular weight excluding hydrogens is 520 g/mol. The molecule has 7 nitrogen and oxygen atoms in total. The summed E-state index contributed by atoms with van der Waals surface area (Å²) in [5.74, 6) is -0.381. The van der Waals surface area contributed by atoms with Gasteiger partial charge < -0.3 is 10.4 Å². The smallest absolute Gasteiger partial charge is 0.272 e. The van der Waals surface area contributed by atoms with Crippen molar-refractivity contribution in [1.29, 1.82) is 0 Å². The maximum atomic E-state index is 13.2. The second-order valence-corrected chi connectivity index (χ2v) is 9.54. The number of rotatable bonds is 6. The number of phenols is 1. The first-order chi connectivity index (χ1) is 17.2. The van der Waals surface area contributed by atoms with Crippen LogP contribution in [0.1, 0.15) is 36.7 Å². The minimum atomic E-state index is -0.374. The molecule has 1 heterocycles. The molecule has 0 saturated carbocycles. The number of nitrogens with zero attached hydrogens (tertiary/aromatic N) is 2. The Kier molecular flexibility index (Phi) is 7.45. The van der Waals surface area contributed by atoms with E-state index in [2.05, 4.69) is 31.8 Å². The normalized spacial score (nSPS) is 11.5. The second-order valence-electron chi connectivity index (χ2n) is 8.62. The lowest BCUT2D eigenvalue weighted by atomic mass is 10.0. The Hall–Kier alpha value is -4.04. The van der Waals surface area contributed by atoms with Gasteiger partial charge >= 0.3 is 0 Å². The van der Waals surface area contributed by atoms with Crippen molar-refractivity contribution in [3.05, 3.63) is 88.4 Å². The fourth-order valence-corrected chi connectivity index (χ4v) is 3.87. The fraction of sp³-hybridized carbons (Fsp3) is 0.143. The summed E-state index contributed by atoms with van der Waals surface area (Å²) in [6.07, 6.45) is 0. The van der Waals surface area contributed by atoms with E-state index in [4.69, 9.17) is 4.98 Å². The zero-order valence-electron chi connectivity index (χ0n) is 20.0. The first-order valence-corrected chi connectivity index (χ1v) is 12.2. The number of benzene rings is 3. The van der Waals surface area contributed by atoms with Gasteiger partial charge in [-0.25, -0.2) is 10.4 Å². The lowest BCUT2D eigenvalue weighted by Crippen LogP contribution is -2.20. The number of hydrogen-bond donors (Lipinski definition) is 3. The van der Waals surface area contributed by atoms with Gasteiger partial charge in [0.25, 0.3) is 5.91 Å². The van der Waals surface area contributed by atoms with Gasteiger partial charge in [-0.3, -0.25) is 9.59 Å². The number of carbonyl (C=O) groups is 2. The number of nitrogens with one attached hydrogen (secondary N) is 2. The zero-order valence-corrected chi connectivity index (χ0v) is 21.6. The highest BCUT2D eigenvalue weighted by molar-refractivity contribution is 9.10. The topological polar surface area (TPSA) is 104 Å². The van der Waals surface area contributed by atoms with Crippen LogP contribution in [0.3, 0.4) is 0 Å². The Bertz CT molecular complexity index is 1460. The number of pyridine rings is 1. The van der Waals surface area contributed by atoms with Gasteiger partial charge in [-0.2, -0.15) is 5.10 Å². The molecule has 0 fully saturated rings. The summed E-state index contributed by atoms with van der Waals surface area (Å²) >= 11 is 3.47. The van der Waals surface area contributed by atoms with E-state index < -0.39 is 0 Å². The van der Waals surface area contributed by atoms with Gasteiger partial charge in [0.15, 0.2) is 0 Å². The number of aromatic hydroxyl groups is 1. The summed E-state index contributed by atoms with van der Waals surface area (Å²) in [5.41, 5.74) is 7.24. The van der Waals surface area contributed by atoms with Crippen molar-refractivity contribution in [2.24, 2.45) is 11.0 Å². The molecule has 0 unspecified atom stereocenters. The van der Waals surface area contributed by atoms with E-state index in [-0.39, 0.29) is 23.5 Å². The largest absolute Gasteiger partial charge is 0.508 e. The number of hydrazone groups is 1. The highest BCUT2D eigenvalue weighted by Crippen LogP contribution is 2.28. The van der Waals surface area contributed by atoms with Crippen LogP contribution in [0.15, 0.2) is 82.4 Å². The Morgan fingerprint density at radius 3 is 2.33 bits per heavy atom. The quantitative estimate of drug-likeness (QED) is 0.201. The summed E-state index contributed by atoms with van der Waals surface area (Å²) in [6, 6.07) is 21.2. The molecule has 1 aromatic heterocycles. The van der Waals surface area contributed by atoms with Crippen molar-refractivity contribution in [3.8, 4) is 17.0 Å². The molecule has 4 rings (SSSR count). The number of carbonyl (C=O) groups excluding carboxylic acids is 2. The molecule has 8 heteroatoms. The van der Waals surface area contributed by atoms with Gasteiger partial charge in [-0.15, -0.1) is 0 Å². The molecule has 0 bridgehead atoms. The molecule has 182 valence electrons. The molecule has 2 amide bonds. The van der Waals surface area contributed by atoms with Crippen molar-refractivity contribution in [1.82, 2.24) is 10.4 Å². The van der Waals surface area contributed by atoms with E-state index in [0.717, 1.165) is 15.6 Å². The molecule has 0 aliphatic heterocycles. The first kappa shape index (κ1) is 25.1. The van der Waals surface area contributed by atoms with E-state index in [1.54, 1.807) is 49.4 Å². The highest BCUT2D eigenvalue weighted by atomic mass is 79.9. The molecule has 0 aliphatic carbocycles. The van der Waals surface area contributed by atoms with Crippen LogP contribution < -0.4 is 10.7 Å². The third-order valence-corrected chi connectivity index (χ3v) is 6.09. The van der Waals surface area contributed by atoms with E-state index in [9.17, 15) is 14.7 Å². The second kappa shape index (κ2) is 10.7. The lowest BCUT2D eigenvalue weighted by molar-refractivity contribution is -0.118. The van der Waals surface area contributed by atoms with E-state index >= 15 is 0 Å². The van der Waals surface area contributed by atoms with Gasteiger partial charge in [-0.05, 0) is 73.2 Å². The van der Waals surface area contributed by atoms with Crippen molar-refractivity contribution in [2.45, 2.75) is 20.8 Å². The number of amides is 2. The lowest BCUT2D eigenvalue weighted by Gasteiger charge is -2.11. The van der Waals surface area contributed by atoms with E-state index in [1.807, 2.05) is 44.2 Å². The van der Waals surface area contributed by atoms with Crippen LogP contribution in [0, 0.1) is 5.92 Å². The zero-order chi connectivity index (χ0) is 25.8. The van der Waals surface area contributed by atoms with Crippen LogP contribution >= 0.6 is 15.9 Å². The molecule has 3 N–H and O–H groups in total.